The monoisotopic (exact) mass is 333 g/mol. The molecule has 3 rings (SSSR count). The Morgan fingerprint density at radius 3 is 2.72 bits per heavy atom. The second-order valence-corrected chi connectivity index (χ2v) is 6.25. The molecular weight excluding hydrogens is 310 g/mol. The molecule has 4 heteroatoms. The van der Waals surface area contributed by atoms with Crippen molar-refractivity contribution >= 4 is 16.9 Å². The van der Waals surface area contributed by atoms with Crippen molar-refractivity contribution in [2.24, 2.45) is 0 Å². The summed E-state index contributed by atoms with van der Waals surface area (Å²) < 4.78 is 2.10. The average Bonchev–Trinajstić information content (AvgIpc) is 2.96. The van der Waals surface area contributed by atoms with E-state index in [1.807, 2.05) is 68.5 Å². The van der Waals surface area contributed by atoms with Crippen LogP contribution in [0.5, 0.6) is 0 Å². The molecule has 0 saturated carbocycles. The number of imidazole rings is 1. The lowest BCUT2D eigenvalue weighted by Crippen LogP contribution is -2.30. The zero-order valence-corrected chi connectivity index (χ0v) is 14.7. The summed E-state index contributed by atoms with van der Waals surface area (Å²) in [6.07, 6.45) is 2.22. The zero-order chi connectivity index (χ0) is 17.8. The molecular formula is C21H23N3O. The second-order valence-electron chi connectivity index (χ2n) is 6.25. The van der Waals surface area contributed by atoms with Crippen LogP contribution in [0.3, 0.4) is 0 Å². The summed E-state index contributed by atoms with van der Waals surface area (Å²) >= 11 is 0. The number of carbonyl (C=O) groups is 1. The summed E-state index contributed by atoms with van der Waals surface area (Å²) in [5.74, 6) is 0.846. The number of rotatable bonds is 6. The maximum absolute atomic E-state index is 12.5. The Kier molecular flexibility index (Phi) is 4.98. The van der Waals surface area contributed by atoms with E-state index in [1.54, 1.807) is 0 Å². The van der Waals surface area contributed by atoms with Crippen LogP contribution in [0.25, 0.3) is 11.0 Å². The first-order chi connectivity index (χ1) is 12.1. The maximum atomic E-state index is 12.5. The van der Waals surface area contributed by atoms with Crippen molar-refractivity contribution in [2.45, 2.75) is 32.9 Å². The number of hydrogen-bond donors (Lipinski definition) is 1. The van der Waals surface area contributed by atoms with Crippen LogP contribution < -0.4 is 5.32 Å². The standard InChI is InChI=1S/C21H23N3O/c1-4-13-24-19-12-8-7-11-18(19)23-21(24)16(3)22-20(25)14-17-10-6-5-9-15(17)2/h4-12,16H,1,13-14H2,2-3H3,(H,22,25). The van der Waals surface area contributed by atoms with Gasteiger partial charge in [0.1, 0.15) is 5.82 Å². The van der Waals surface area contributed by atoms with E-state index in [9.17, 15) is 4.79 Å². The summed E-state index contributed by atoms with van der Waals surface area (Å²) in [6, 6.07) is 15.8. The first-order valence-corrected chi connectivity index (χ1v) is 8.50. The predicted molar refractivity (Wildman–Crippen MR) is 101 cm³/mol. The molecule has 0 aliphatic carbocycles. The van der Waals surface area contributed by atoms with Crippen molar-refractivity contribution in [3.05, 3.63) is 78.1 Å². The van der Waals surface area contributed by atoms with Crippen molar-refractivity contribution in [3.63, 3.8) is 0 Å². The molecule has 0 saturated heterocycles. The SMILES string of the molecule is C=CCn1c(C(C)NC(=O)Cc2ccccc2C)nc2ccccc21. The number of aromatic nitrogens is 2. The minimum Gasteiger partial charge on any atom is -0.346 e. The zero-order valence-electron chi connectivity index (χ0n) is 14.7. The molecule has 1 heterocycles. The first kappa shape index (κ1) is 17.0. The van der Waals surface area contributed by atoms with E-state index in [-0.39, 0.29) is 11.9 Å². The molecule has 1 N–H and O–H groups in total. The third kappa shape index (κ3) is 3.63. The molecule has 25 heavy (non-hydrogen) atoms. The van der Waals surface area contributed by atoms with Gasteiger partial charge in [-0.05, 0) is 37.1 Å². The van der Waals surface area contributed by atoms with Crippen molar-refractivity contribution in [1.29, 1.82) is 0 Å². The molecule has 1 amide bonds. The molecule has 0 aliphatic heterocycles. The van der Waals surface area contributed by atoms with Gasteiger partial charge >= 0.3 is 0 Å². The van der Waals surface area contributed by atoms with Crippen molar-refractivity contribution in [2.75, 3.05) is 0 Å². The molecule has 1 atom stereocenters. The number of amides is 1. The van der Waals surface area contributed by atoms with Crippen LogP contribution in [0.2, 0.25) is 0 Å². The lowest BCUT2D eigenvalue weighted by molar-refractivity contribution is -0.121. The van der Waals surface area contributed by atoms with Gasteiger partial charge in [-0.15, -0.1) is 6.58 Å². The van der Waals surface area contributed by atoms with Gasteiger partial charge in [-0.3, -0.25) is 4.79 Å². The number of hydrogen-bond acceptors (Lipinski definition) is 2. The summed E-state index contributed by atoms with van der Waals surface area (Å²) in [5, 5.41) is 3.08. The van der Waals surface area contributed by atoms with Crippen LogP contribution in [0.1, 0.15) is 29.9 Å². The number of nitrogens with zero attached hydrogens (tertiary/aromatic N) is 2. The van der Waals surface area contributed by atoms with Gasteiger partial charge < -0.3 is 9.88 Å². The minimum atomic E-state index is -0.177. The van der Waals surface area contributed by atoms with Gasteiger partial charge in [-0.2, -0.15) is 0 Å². The maximum Gasteiger partial charge on any atom is 0.225 e. The molecule has 1 aromatic heterocycles. The normalized spacial score (nSPS) is 12.1. The largest absolute Gasteiger partial charge is 0.346 e. The van der Waals surface area contributed by atoms with Crippen LogP contribution in [0.15, 0.2) is 61.2 Å². The fourth-order valence-corrected chi connectivity index (χ4v) is 3.08. The van der Waals surface area contributed by atoms with E-state index in [1.165, 1.54) is 0 Å². The molecule has 0 radical (unpaired) electrons. The van der Waals surface area contributed by atoms with Gasteiger partial charge in [0.05, 0.1) is 23.5 Å². The van der Waals surface area contributed by atoms with E-state index in [2.05, 4.69) is 16.5 Å². The van der Waals surface area contributed by atoms with Crippen molar-refractivity contribution in [1.82, 2.24) is 14.9 Å². The van der Waals surface area contributed by atoms with Crippen molar-refractivity contribution < 1.29 is 4.79 Å². The molecule has 0 spiro atoms. The van der Waals surface area contributed by atoms with Crippen LogP contribution in [-0.2, 0) is 17.8 Å². The fourth-order valence-electron chi connectivity index (χ4n) is 3.08. The van der Waals surface area contributed by atoms with Crippen LogP contribution in [0.4, 0.5) is 0 Å². The molecule has 0 aliphatic rings. The Morgan fingerprint density at radius 2 is 1.96 bits per heavy atom. The van der Waals surface area contributed by atoms with E-state index in [0.717, 1.165) is 28.0 Å². The molecule has 3 aromatic rings. The van der Waals surface area contributed by atoms with E-state index >= 15 is 0 Å². The molecule has 0 fully saturated rings. The Balaban J connectivity index is 1.81. The van der Waals surface area contributed by atoms with E-state index in [0.29, 0.717) is 13.0 Å². The number of aryl methyl sites for hydroxylation is 1. The van der Waals surface area contributed by atoms with E-state index in [4.69, 9.17) is 4.98 Å². The molecule has 128 valence electrons. The first-order valence-electron chi connectivity index (χ1n) is 8.50. The van der Waals surface area contributed by atoms with Crippen molar-refractivity contribution in [3.8, 4) is 0 Å². The molecule has 1 unspecified atom stereocenters. The number of nitrogens with one attached hydrogen (secondary N) is 1. The Labute approximate surface area is 148 Å². The van der Waals surface area contributed by atoms with Crippen LogP contribution in [-0.4, -0.2) is 15.5 Å². The lowest BCUT2D eigenvalue weighted by atomic mass is 10.1. The number of fused-ring (bicyclic) bond motifs is 1. The Morgan fingerprint density at radius 1 is 1.24 bits per heavy atom. The van der Waals surface area contributed by atoms with Crippen LogP contribution in [0, 0.1) is 6.92 Å². The molecule has 4 nitrogen and oxygen atoms in total. The molecule has 0 bridgehead atoms. The van der Waals surface area contributed by atoms with Gasteiger partial charge in [0.15, 0.2) is 0 Å². The summed E-state index contributed by atoms with van der Waals surface area (Å²) in [7, 11) is 0. The average molecular weight is 333 g/mol. The minimum absolute atomic E-state index is 0.000917. The molecule has 2 aromatic carbocycles. The van der Waals surface area contributed by atoms with Gasteiger partial charge in [0, 0.05) is 6.54 Å². The number of allylic oxidation sites excluding steroid dienone is 1. The number of benzene rings is 2. The second kappa shape index (κ2) is 7.34. The third-order valence-corrected chi connectivity index (χ3v) is 4.37. The fraction of sp³-hybridized carbons (Fsp3) is 0.238. The van der Waals surface area contributed by atoms with Crippen LogP contribution >= 0.6 is 0 Å². The number of para-hydroxylation sites is 2. The summed E-state index contributed by atoms with van der Waals surface area (Å²) in [6.45, 7) is 8.49. The predicted octanol–water partition coefficient (Wildman–Crippen LogP) is 3.95. The third-order valence-electron chi connectivity index (χ3n) is 4.37. The highest BCUT2D eigenvalue weighted by atomic mass is 16.1. The topological polar surface area (TPSA) is 46.9 Å². The van der Waals surface area contributed by atoms with Gasteiger partial charge in [0.25, 0.3) is 0 Å². The number of carbonyl (C=O) groups excluding carboxylic acids is 1. The van der Waals surface area contributed by atoms with E-state index < -0.39 is 0 Å². The summed E-state index contributed by atoms with van der Waals surface area (Å²) in [5.41, 5.74) is 4.16. The van der Waals surface area contributed by atoms with Gasteiger partial charge in [0.2, 0.25) is 5.91 Å². The highest BCUT2D eigenvalue weighted by Crippen LogP contribution is 2.21. The highest BCUT2D eigenvalue weighted by molar-refractivity contribution is 5.80. The summed E-state index contributed by atoms with van der Waals surface area (Å²) in [4.78, 5) is 17.2. The highest BCUT2D eigenvalue weighted by Gasteiger charge is 2.18. The quantitative estimate of drug-likeness (QED) is 0.694. The Bertz CT molecular complexity index is 910. The van der Waals surface area contributed by atoms with Gasteiger partial charge in [-0.25, -0.2) is 4.98 Å². The Hall–Kier alpha value is -2.88. The van der Waals surface area contributed by atoms with Gasteiger partial charge in [-0.1, -0.05) is 42.5 Å². The lowest BCUT2D eigenvalue weighted by Gasteiger charge is -2.16. The smallest absolute Gasteiger partial charge is 0.225 e.